The Hall–Kier alpha value is -1.73. The Morgan fingerprint density at radius 2 is 1.67 bits per heavy atom. The zero-order valence-electron chi connectivity index (χ0n) is 11.4. The van der Waals surface area contributed by atoms with E-state index in [1.165, 1.54) is 32.4 Å². The van der Waals surface area contributed by atoms with E-state index in [4.69, 9.17) is 13.7 Å². The van der Waals surface area contributed by atoms with Gasteiger partial charge in [0.2, 0.25) is 0 Å². The lowest BCUT2D eigenvalue weighted by molar-refractivity contribution is 0.411. The van der Waals surface area contributed by atoms with E-state index in [0.29, 0.717) is 16.0 Å². The number of ether oxygens (including phenoxy) is 2. The van der Waals surface area contributed by atoms with E-state index in [9.17, 15) is 8.42 Å². The molecule has 0 aliphatic heterocycles. The second-order valence-corrected chi connectivity index (χ2v) is 6.41. The number of methoxy groups -OCH3 is 2. The Kier molecular flexibility index (Phi) is 4.74. The summed E-state index contributed by atoms with van der Waals surface area (Å²) in [6, 6.07) is 10.8. The van der Waals surface area contributed by atoms with Gasteiger partial charge in [-0.1, -0.05) is 6.07 Å². The first-order chi connectivity index (χ1) is 9.96. The summed E-state index contributed by atoms with van der Waals surface area (Å²) in [5, 5.41) is 0. The van der Waals surface area contributed by atoms with Crippen molar-refractivity contribution in [2.24, 2.45) is 0 Å². The summed E-state index contributed by atoms with van der Waals surface area (Å²) < 4.78 is 40.2. The van der Waals surface area contributed by atoms with E-state index in [2.05, 4.69) is 15.9 Å². The lowest BCUT2D eigenvalue weighted by atomic mass is 10.3. The number of benzene rings is 2. The Morgan fingerprint density at radius 1 is 0.952 bits per heavy atom. The maximum Gasteiger partial charge on any atom is 0.339 e. The largest absolute Gasteiger partial charge is 0.497 e. The van der Waals surface area contributed by atoms with E-state index < -0.39 is 10.1 Å². The fourth-order valence-corrected chi connectivity index (χ4v) is 3.27. The lowest BCUT2D eigenvalue weighted by Crippen LogP contribution is -2.09. The minimum atomic E-state index is -3.93. The first-order valence-electron chi connectivity index (χ1n) is 5.88. The molecule has 0 heterocycles. The summed E-state index contributed by atoms with van der Waals surface area (Å²) >= 11 is 3.24. The second-order valence-electron chi connectivity index (χ2n) is 4.01. The van der Waals surface area contributed by atoms with Crippen molar-refractivity contribution in [2.45, 2.75) is 4.90 Å². The average molecular weight is 373 g/mol. The maximum absolute atomic E-state index is 12.2. The van der Waals surface area contributed by atoms with Gasteiger partial charge in [-0.25, -0.2) is 0 Å². The highest BCUT2D eigenvalue weighted by molar-refractivity contribution is 9.10. The molecule has 0 fully saturated rings. The minimum absolute atomic E-state index is 0.0259. The molecule has 112 valence electrons. The first-order valence-corrected chi connectivity index (χ1v) is 8.08. The normalized spacial score (nSPS) is 11.0. The summed E-state index contributed by atoms with van der Waals surface area (Å²) in [4.78, 5) is 0.0259. The smallest absolute Gasteiger partial charge is 0.339 e. The molecule has 2 rings (SSSR count). The van der Waals surface area contributed by atoms with Gasteiger partial charge >= 0.3 is 10.1 Å². The summed E-state index contributed by atoms with van der Waals surface area (Å²) in [5.74, 6) is 1.23. The third kappa shape index (κ3) is 3.68. The van der Waals surface area contributed by atoms with Crippen molar-refractivity contribution in [3.63, 3.8) is 0 Å². The molecule has 0 aromatic heterocycles. The molecule has 0 atom stereocenters. The van der Waals surface area contributed by atoms with Crippen molar-refractivity contribution >= 4 is 26.0 Å². The van der Waals surface area contributed by atoms with Gasteiger partial charge in [0, 0.05) is 6.07 Å². The van der Waals surface area contributed by atoms with Crippen LogP contribution < -0.4 is 13.7 Å². The number of hydrogen-bond donors (Lipinski definition) is 0. The Morgan fingerprint density at radius 3 is 2.29 bits per heavy atom. The van der Waals surface area contributed by atoms with Gasteiger partial charge in [0.1, 0.15) is 22.1 Å². The fraction of sp³-hybridized carbons (Fsp3) is 0.143. The highest BCUT2D eigenvalue weighted by Gasteiger charge is 2.18. The van der Waals surface area contributed by atoms with Crippen molar-refractivity contribution in [3.8, 4) is 17.2 Å². The predicted molar refractivity (Wildman–Crippen MR) is 81.5 cm³/mol. The van der Waals surface area contributed by atoms with Crippen LogP contribution in [-0.2, 0) is 10.1 Å². The van der Waals surface area contributed by atoms with Crippen LogP contribution in [0.25, 0.3) is 0 Å². The molecule has 0 N–H and O–H groups in total. The van der Waals surface area contributed by atoms with Gasteiger partial charge in [-0.3, -0.25) is 0 Å². The van der Waals surface area contributed by atoms with Crippen LogP contribution in [0.2, 0.25) is 0 Å². The molecule has 0 spiro atoms. The van der Waals surface area contributed by atoms with E-state index in [1.54, 1.807) is 24.3 Å². The van der Waals surface area contributed by atoms with E-state index in [1.807, 2.05) is 0 Å². The van der Waals surface area contributed by atoms with Crippen LogP contribution in [0.15, 0.2) is 51.8 Å². The zero-order chi connectivity index (χ0) is 15.5. The van der Waals surface area contributed by atoms with Crippen molar-refractivity contribution < 1.29 is 22.1 Å². The molecule has 5 nitrogen and oxygen atoms in total. The first kappa shape index (κ1) is 15.7. The summed E-state index contributed by atoms with van der Waals surface area (Å²) in [5.41, 5.74) is 0. The van der Waals surface area contributed by atoms with Crippen molar-refractivity contribution in [3.05, 3.63) is 46.9 Å². The second kappa shape index (κ2) is 6.36. The van der Waals surface area contributed by atoms with Crippen molar-refractivity contribution in [1.29, 1.82) is 0 Å². The molecule has 0 amide bonds. The Bertz CT molecular complexity index is 743. The van der Waals surface area contributed by atoms with Crippen molar-refractivity contribution in [2.75, 3.05) is 14.2 Å². The highest BCUT2D eigenvalue weighted by atomic mass is 79.9. The quantitative estimate of drug-likeness (QED) is 0.753. The molecule has 21 heavy (non-hydrogen) atoms. The van der Waals surface area contributed by atoms with Crippen LogP contribution in [0.3, 0.4) is 0 Å². The highest BCUT2D eigenvalue weighted by Crippen LogP contribution is 2.29. The number of halogens is 1. The standard InChI is InChI=1S/C14H13BrO5S/c1-18-10-4-3-5-11(8-10)20-21(16,17)12-6-7-14(19-2)13(15)9-12/h3-9H,1-2H3. The van der Waals surface area contributed by atoms with Crippen LogP contribution in [-0.4, -0.2) is 22.6 Å². The van der Waals surface area contributed by atoms with E-state index in [0.717, 1.165) is 0 Å². The molecule has 0 unspecified atom stereocenters. The van der Waals surface area contributed by atoms with Crippen LogP contribution in [0, 0.1) is 0 Å². The zero-order valence-corrected chi connectivity index (χ0v) is 13.8. The maximum atomic E-state index is 12.2. The molecule has 2 aromatic carbocycles. The molecule has 0 aliphatic carbocycles. The number of hydrogen-bond acceptors (Lipinski definition) is 5. The molecule has 2 aromatic rings. The minimum Gasteiger partial charge on any atom is -0.497 e. The van der Waals surface area contributed by atoms with Gasteiger partial charge in [0.05, 0.1) is 18.7 Å². The van der Waals surface area contributed by atoms with Crippen LogP contribution >= 0.6 is 15.9 Å². The average Bonchev–Trinajstić information content (AvgIpc) is 2.47. The van der Waals surface area contributed by atoms with Gasteiger partial charge in [-0.2, -0.15) is 8.42 Å². The SMILES string of the molecule is COc1cccc(OS(=O)(=O)c2ccc(OC)c(Br)c2)c1. The van der Waals surface area contributed by atoms with Gasteiger partial charge in [-0.05, 0) is 46.3 Å². The molecular formula is C14H13BrO5S. The topological polar surface area (TPSA) is 61.8 Å². The molecule has 0 aliphatic rings. The summed E-state index contributed by atoms with van der Waals surface area (Å²) in [6.07, 6.45) is 0. The van der Waals surface area contributed by atoms with Gasteiger partial charge in [0.25, 0.3) is 0 Å². The molecule has 7 heteroatoms. The van der Waals surface area contributed by atoms with Gasteiger partial charge in [0.15, 0.2) is 0 Å². The van der Waals surface area contributed by atoms with Crippen LogP contribution in [0.5, 0.6) is 17.2 Å². The molecule has 0 saturated heterocycles. The van der Waals surface area contributed by atoms with Crippen molar-refractivity contribution in [1.82, 2.24) is 0 Å². The molecule has 0 saturated carbocycles. The van der Waals surface area contributed by atoms with Crippen LogP contribution in [0.1, 0.15) is 0 Å². The van der Waals surface area contributed by atoms with Gasteiger partial charge in [-0.15, -0.1) is 0 Å². The Labute approximate surface area is 131 Å². The monoisotopic (exact) mass is 372 g/mol. The third-order valence-corrected chi connectivity index (χ3v) is 4.52. The summed E-state index contributed by atoms with van der Waals surface area (Å²) in [6.45, 7) is 0. The summed E-state index contributed by atoms with van der Waals surface area (Å²) in [7, 11) is -0.932. The molecule has 0 radical (unpaired) electrons. The molecule has 0 bridgehead atoms. The van der Waals surface area contributed by atoms with Gasteiger partial charge < -0.3 is 13.7 Å². The predicted octanol–water partition coefficient (Wildman–Crippen LogP) is 3.23. The molecular weight excluding hydrogens is 360 g/mol. The van der Waals surface area contributed by atoms with Crippen LogP contribution in [0.4, 0.5) is 0 Å². The van der Waals surface area contributed by atoms with E-state index in [-0.39, 0.29) is 10.6 Å². The fourth-order valence-electron chi connectivity index (χ4n) is 1.63. The Balaban J connectivity index is 2.31. The third-order valence-electron chi connectivity index (χ3n) is 2.66. The number of rotatable bonds is 5. The lowest BCUT2D eigenvalue weighted by Gasteiger charge is -2.09. The van der Waals surface area contributed by atoms with E-state index >= 15 is 0 Å².